The van der Waals surface area contributed by atoms with Crippen LogP contribution < -0.4 is 20.1 Å². The van der Waals surface area contributed by atoms with Gasteiger partial charge in [-0.05, 0) is 85.3 Å². The molecule has 6 heteroatoms. The third-order valence-electron chi connectivity index (χ3n) is 6.80. The molecule has 1 aliphatic rings. The Hall–Kier alpha value is -3.77. The number of aromatic hydroxyl groups is 1. The summed E-state index contributed by atoms with van der Waals surface area (Å²) in [6, 6.07) is 20.9. The third kappa shape index (κ3) is 6.67. The first kappa shape index (κ1) is 25.3. The fraction of sp³-hybridized carbons (Fsp3) is 0.300. The van der Waals surface area contributed by atoms with E-state index in [-0.39, 0.29) is 11.7 Å². The number of rotatable bonds is 9. The van der Waals surface area contributed by atoms with Crippen molar-refractivity contribution in [2.45, 2.75) is 32.3 Å². The number of phenols is 1. The lowest BCUT2D eigenvalue weighted by atomic mass is 9.82. The number of methoxy groups -OCH3 is 1. The number of benzene rings is 3. The van der Waals surface area contributed by atoms with E-state index in [4.69, 9.17) is 9.47 Å². The molecule has 0 aromatic heterocycles. The highest BCUT2D eigenvalue weighted by Gasteiger charge is 2.21. The van der Waals surface area contributed by atoms with Crippen LogP contribution in [0.25, 0.3) is 6.08 Å². The van der Waals surface area contributed by atoms with Gasteiger partial charge in [0, 0.05) is 17.3 Å². The molecule has 1 saturated heterocycles. The van der Waals surface area contributed by atoms with Crippen LogP contribution in [-0.2, 0) is 11.4 Å². The van der Waals surface area contributed by atoms with Gasteiger partial charge in [0.2, 0.25) is 5.91 Å². The molecular weight excluding hydrogens is 452 g/mol. The van der Waals surface area contributed by atoms with E-state index in [1.807, 2.05) is 36.4 Å². The molecule has 3 aromatic rings. The number of carbonyl (C=O) groups excluding carboxylic acids is 1. The van der Waals surface area contributed by atoms with Crippen molar-refractivity contribution in [3.05, 3.63) is 89.5 Å². The number of phenolic OH excluding ortho intramolecular Hbond substituents is 1. The quantitative estimate of drug-likeness (QED) is 0.336. The van der Waals surface area contributed by atoms with Crippen LogP contribution in [0, 0.1) is 5.92 Å². The Morgan fingerprint density at radius 3 is 2.58 bits per heavy atom. The molecule has 1 aliphatic heterocycles. The van der Waals surface area contributed by atoms with Crippen LogP contribution in [0.2, 0.25) is 0 Å². The van der Waals surface area contributed by atoms with Crippen LogP contribution in [0.1, 0.15) is 42.4 Å². The van der Waals surface area contributed by atoms with Crippen molar-refractivity contribution >= 4 is 17.7 Å². The number of hydrogen-bond donors (Lipinski definition) is 3. The molecule has 0 aliphatic carbocycles. The maximum atomic E-state index is 12.5. The lowest BCUT2D eigenvalue weighted by Crippen LogP contribution is -2.30. The van der Waals surface area contributed by atoms with Crippen molar-refractivity contribution in [2.24, 2.45) is 5.92 Å². The lowest BCUT2D eigenvalue weighted by Gasteiger charge is -2.28. The van der Waals surface area contributed by atoms with Gasteiger partial charge in [-0.3, -0.25) is 4.79 Å². The summed E-state index contributed by atoms with van der Waals surface area (Å²) < 4.78 is 11.1. The summed E-state index contributed by atoms with van der Waals surface area (Å²) in [6.45, 7) is 4.87. The molecular formula is C30H34N2O4. The molecule has 0 spiro atoms. The summed E-state index contributed by atoms with van der Waals surface area (Å²) in [4.78, 5) is 12.5. The van der Waals surface area contributed by atoms with Crippen LogP contribution in [0.4, 0.5) is 5.69 Å². The largest absolute Gasteiger partial charge is 0.504 e. The second kappa shape index (κ2) is 12.3. The Balaban J connectivity index is 1.34. The van der Waals surface area contributed by atoms with Gasteiger partial charge in [-0.2, -0.15) is 0 Å². The van der Waals surface area contributed by atoms with Gasteiger partial charge in [-0.15, -0.1) is 0 Å². The van der Waals surface area contributed by atoms with Gasteiger partial charge >= 0.3 is 0 Å². The number of piperidine rings is 1. The lowest BCUT2D eigenvalue weighted by molar-refractivity contribution is -0.111. The summed E-state index contributed by atoms with van der Waals surface area (Å²) in [7, 11) is 1.49. The number of ether oxygens (including phenoxy) is 2. The summed E-state index contributed by atoms with van der Waals surface area (Å²) >= 11 is 0. The Bertz CT molecular complexity index is 1180. The smallest absolute Gasteiger partial charge is 0.248 e. The molecule has 3 N–H and O–H groups in total. The average Bonchev–Trinajstić information content (AvgIpc) is 2.92. The number of carbonyl (C=O) groups is 1. The highest BCUT2D eigenvalue weighted by Crippen LogP contribution is 2.32. The predicted octanol–water partition coefficient (Wildman–Crippen LogP) is 5.73. The topological polar surface area (TPSA) is 79.8 Å². The van der Waals surface area contributed by atoms with Gasteiger partial charge < -0.3 is 25.2 Å². The first-order valence-electron chi connectivity index (χ1n) is 12.4. The van der Waals surface area contributed by atoms with E-state index in [1.54, 1.807) is 24.3 Å². The molecule has 0 bridgehead atoms. The van der Waals surface area contributed by atoms with E-state index in [0.29, 0.717) is 29.5 Å². The highest BCUT2D eigenvalue weighted by molar-refractivity contribution is 6.02. The third-order valence-corrected chi connectivity index (χ3v) is 6.80. The van der Waals surface area contributed by atoms with Crippen LogP contribution in [0.5, 0.6) is 17.2 Å². The Labute approximate surface area is 213 Å². The molecule has 36 heavy (non-hydrogen) atoms. The maximum absolute atomic E-state index is 12.5. The number of anilines is 1. The Kier molecular flexibility index (Phi) is 8.63. The number of nitrogens with one attached hydrogen (secondary N) is 2. The second-order valence-electron chi connectivity index (χ2n) is 9.14. The summed E-state index contributed by atoms with van der Waals surface area (Å²) in [5.74, 6) is 2.20. The van der Waals surface area contributed by atoms with Crippen LogP contribution in [0.3, 0.4) is 0 Å². The Morgan fingerprint density at radius 2 is 1.86 bits per heavy atom. The van der Waals surface area contributed by atoms with Gasteiger partial charge in [-0.25, -0.2) is 0 Å². The van der Waals surface area contributed by atoms with E-state index in [1.165, 1.54) is 31.6 Å². The zero-order valence-corrected chi connectivity index (χ0v) is 20.9. The SMILES string of the molecule is COc1ccc(C=CC(=O)Nc2ccccc2COc2ccc(C(C)C3CCNCC3)cc2)cc1O. The standard InChI is InChI=1S/C30H34N2O4/c1-21(24-15-17-31-18-16-24)23-9-11-26(12-10-23)36-20-25-5-3-4-6-27(25)32-30(34)14-8-22-7-13-29(35-2)28(33)19-22/h3-14,19,21,24,31,33H,15-18,20H2,1-2H3,(H,32,34). The van der Waals surface area contributed by atoms with Gasteiger partial charge in [0.05, 0.1) is 7.11 Å². The Morgan fingerprint density at radius 1 is 1.11 bits per heavy atom. The van der Waals surface area contributed by atoms with Gasteiger partial charge in [0.25, 0.3) is 0 Å². The van der Waals surface area contributed by atoms with Crippen molar-refractivity contribution < 1.29 is 19.4 Å². The number of hydrogen-bond acceptors (Lipinski definition) is 5. The molecule has 188 valence electrons. The molecule has 1 fully saturated rings. The van der Waals surface area contributed by atoms with E-state index < -0.39 is 0 Å². The second-order valence-corrected chi connectivity index (χ2v) is 9.14. The molecule has 1 atom stereocenters. The zero-order chi connectivity index (χ0) is 25.3. The maximum Gasteiger partial charge on any atom is 0.248 e. The number of amides is 1. The molecule has 1 heterocycles. The van der Waals surface area contributed by atoms with E-state index in [9.17, 15) is 9.90 Å². The van der Waals surface area contributed by atoms with Crippen molar-refractivity contribution in [3.8, 4) is 17.2 Å². The van der Waals surface area contributed by atoms with Crippen LogP contribution in [-0.4, -0.2) is 31.2 Å². The fourth-order valence-electron chi connectivity index (χ4n) is 4.57. The summed E-state index contributed by atoms with van der Waals surface area (Å²) in [6.07, 6.45) is 5.51. The minimum Gasteiger partial charge on any atom is -0.504 e. The van der Waals surface area contributed by atoms with E-state index in [2.05, 4.69) is 29.7 Å². The number of para-hydroxylation sites is 1. The average molecular weight is 487 g/mol. The zero-order valence-electron chi connectivity index (χ0n) is 20.9. The minimum absolute atomic E-state index is 0.0244. The molecule has 4 rings (SSSR count). The minimum atomic E-state index is -0.269. The molecule has 3 aromatic carbocycles. The van der Waals surface area contributed by atoms with Crippen molar-refractivity contribution in [2.75, 3.05) is 25.5 Å². The predicted molar refractivity (Wildman–Crippen MR) is 144 cm³/mol. The van der Waals surface area contributed by atoms with Gasteiger partial charge in [0.15, 0.2) is 11.5 Å². The first-order valence-corrected chi connectivity index (χ1v) is 12.4. The van der Waals surface area contributed by atoms with Gasteiger partial charge in [0.1, 0.15) is 12.4 Å². The van der Waals surface area contributed by atoms with Crippen LogP contribution in [0.15, 0.2) is 72.8 Å². The van der Waals surface area contributed by atoms with E-state index in [0.717, 1.165) is 30.3 Å². The van der Waals surface area contributed by atoms with Crippen molar-refractivity contribution in [1.29, 1.82) is 0 Å². The molecule has 0 radical (unpaired) electrons. The summed E-state index contributed by atoms with van der Waals surface area (Å²) in [5, 5.41) is 16.3. The fourth-order valence-corrected chi connectivity index (χ4v) is 4.57. The van der Waals surface area contributed by atoms with Crippen molar-refractivity contribution in [3.63, 3.8) is 0 Å². The normalized spacial score (nSPS) is 14.9. The van der Waals surface area contributed by atoms with Gasteiger partial charge in [-0.1, -0.05) is 43.3 Å². The first-order chi connectivity index (χ1) is 17.5. The monoisotopic (exact) mass is 486 g/mol. The van der Waals surface area contributed by atoms with Crippen molar-refractivity contribution in [1.82, 2.24) is 5.32 Å². The molecule has 0 saturated carbocycles. The highest BCUT2D eigenvalue weighted by atomic mass is 16.5. The van der Waals surface area contributed by atoms with Crippen LogP contribution >= 0.6 is 0 Å². The van der Waals surface area contributed by atoms with E-state index >= 15 is 0 Å². The molecule has 6 nitrogen and oxygen atoms in total. The molecule has 1 unspecified atom stereocenters. The molecule has 1 amide bonds. The summed E-state index contributed by atoms with van der Waals surface area (Å²) in [5.41, 5.74) is 3.62.